The second-order valence-electron chi connectivity index (χ2n) is 9.82. The first-order chi connectivity index (χ1) is 18.9. The van der Waals surface area contributed by atoms with Crippen LogP contribution in [0.4, 0.5) is 15.1 Å². The van der Waals surface area contributed by atoms with Crippen LogP contribution in [0.3, 0.4) is 0 Å². The highest BCUT2D eigenvalue weighted by molar-refractivity contribution is 6.30. The molecule has 2 fully saturated rings. The number of anilines is 1. The normalized spacial score (nSPS) is 16.7. The fraction of sp³-hybridized carbons (Fsp3) is 0.407. The largest absolute Gasteiger partial charge is 0.465 e. The number of pyridine rings is 1. The van der Waals surface area contributed by atoms with Crippen molar-refractivity contribution in [2.45, 2.75) is 19.4 Å². The van der Waals surface area contributed by atoms with E-state index in [1.165, 1.54) is 12.1 Å². The van der Waals surface area contributed by atoms with Crippen molar-refractivity contribution in [1.29, 1.82) is 0 Å². The summed E-state index contributed by atoms with van der Waals surface area (Å²) in [4.78, 5) is 28.8. The van der Waals surface area contributed by atoms with E-state index in [-0.39, 0.29) is 5.02 Å². The number of hydrogen-bond donors (Lipinski definition) is 3. The molecule has 0 bridgehead atoms. The molecule has 2 saturated heterocycles. The maximum Gasteiger partial charge on any atom is 0.404 e. The molecule has 0 unspecified atom stereocenters. The average Bonchev–Trinajstić information content (AvgIpc) is 2.93. The van der Waals surface area contributed by atoms with E-state index in [0.717, 1.165) is 57.7 Å². The number of amides is 1. The van der Waals surface area contributed by atoms with Gasteiger partial charge in [0.2, 0.25) is 11.8 Å². The molecule has 3 aromatic rings. The topological polar surface area (TPSA) is 116 Å². The van der Waals surface area contributed by atoms with E-state index in [0.29, 0.717) is 47.8 Å². The van der Waals surface area contributed by atoms with Crippen molar-refractivity contribution >= 4 is 23.6 Å². The summed E-state index contributed by atoms with van der Waals surface area (Å²) in [5.74, 6) is 1.34. The van der Waals surface area contributed by atoms with Crippen LogP contribution < -0.4 is 20.3 Å². The Morgan fingerprint density at radius 2 is 1.85 bits per heavy atom. The van der Waals surface area contributed by atoms with Gasteiger partial charge >= 0.3 is 6.09 Å². The van der Waals surface area contributed by atoms with Crippen LogP contribution in [0.1, 0.15) is 18.4 Å². The van der Waals surface area contributed by atoms with Gasteiger partial charge in [0.25, 0.3) is 0 Å². The lowest BCUT2D eigenvalue weighted by Gasteiger charge is -2.32. The van der Waals surface area contributed by atoms with Gasteiger partial charge in [-0.15, -0.1) is 0 Å². The van der Waals surface area contributed by atoms with Crippen LogP contribution in [0.15, 0.2) is 42.7 Å². The zero-order valence-electron chi connectivity index (χ0n) is 21.4. The molecule has 2 aliphatic heterocycles. The molecule has 0 spiro atoms. The number of piperidine rings is 1. The minimum Gasteiger partial charge on any atom is -0.465 e. The Morgan fingerprint density at radius 3 is 2.54 bits per heavy atom. The Labute approximate surface area is 231 Å². The molecule has 5 rings (SSSR count). The summed E-state index contributed by atoms with van der Waals surface area (Å²) in [5, 5.41) is 14.9. The van der Waals surface area contributed by atoms with Gasteiger partial charge in [-0.25, -0.2) is 24.1 Å². The summed E-state index contributed by atoms with van der Waals surface area (Å²) in [7, 11) is 0. The molecule has 2 aromatic heterocycles. The summed E-state index contributed by atoms with van der Waals surface area (Å²) >= 11 is 6.13. The van der Waals surface area contributed by atoms with Crippen LogP contribution >= 0.6 is 11.6 Å². The predicted octanol–water partition coefficient (Wildman–Crippen LogP) is 4.01. The Morgan fingerprint density at radius 1 is 1.10 bits per heavy atom. The van der Waals surface area contributed by atoms with E-state index >= 15 is 0 Å². The van der Waals surface area contributed by atoms with Gasteiger partial charge in [0, 0.05) is 55.9 Å². The minimum absolute atomic E-state index is 0.286. The van der Waals surface area contributed by atoms with E-state index in [1.54, 1.807) is 18.5 Å². The molecule has 39 heavy (non-hydrogen) atoms. The maximum absolute atomic E-state index is 14.2. The van der Waals surface area contributed by atoms with Crippen molar-refractivity contribution < 1.29 is 19.0 Å². The smallest absolute Gasteiger partial charge is 0.404 e. The molecule has 12 heteroatoms. The molecule has 1 amide bonds. The van der Waals surface area contributed by atoms with E-state index in [2.05, 4.69) is 35.4 Å². The van der Waals surface area contributed by atoms with Gasteiger partial charge in [-0.05, 0) is 61.7 Å². The van der Waals surface area contributed by atoms with Crippen LogP contribution in [0.5, 0.6) is 11.6 Å². The minimum atomic E-state index is -0.990. The van der Waals surface area contributed by atoms with Gasteiger partial charge in [0.15, 0.2) is 5.75 Å². The van der Waals surface area contributed by atoms with Gasteiger partial charge in [0.1, 0.15) is 5.82 Å². The number of carboxylic acid groups (broad SMARTS) is 1. The summed E-state index contributed by atoms with van der Waals surface area (Å²) in [5.41, 5.74) is 2.05. The third-order valence-electron chi connectivity index (χ3n) is 6.91. The SMILES string of the molecule is O=C(O)NCC1CCN(Cc2cc(Oc3cnc(N4CCNCC4)nc3)nc(-c3cc(F)cc(Cl)c3)c2)CC1. The standard InChI is InChI=1S/C27H31ClFN7O3/c28-21-11-20(12-22(29)13-21)24-9-19(17-35-5-1-18(2-6-35)14-33-27(37)38)10-25(34-24)39-23-15-31-26(32-16-23)36-7-3-30-4-8-36/h9-13,15-16,18,30,33H,1-8,14,17H2,(H,37,38). The van der Waals surface area contributed by atoms with Gasteiger partial charge in [-0.1, -0.05) is 11.6 Å². The number of nitrogens with one attached hydrogen (secondary N) is 2. The fourth-order valence-corrected chi connectivity index (χ4v) is 5.12. The number of benzene rings is 1. The van der Waals surface area contributed by atoms with Crippen molar-refractivity contribution in [3.05, 3.63) is 59.1 Å². The molecule has 4 heterocycles. The number of halogens is 2. The van der Waals surface area contributed by atoms with Crippen molar-refractivity contribution in [3.8, 4) is 22.9 Å². The number of rotatable bonds is 8. The number of likely N-dealkylation sites (tertiary alicyclic amines) is 1. The van der Waals surface area contributed by atoms with Gasteiger partial charge in [-0.2, -0.15) is 0 Å². The van der Waals surface area contributed by atoms with Crippen LogP contribution in [-0.4, -0.2) is 76.9 Å². The molecular formula is C27H31ClFN7O3. The molecule has 10 nitrogen and oxygen atoms in total. The molecule has 0 aliphatic carbocycles. The molecule has 0 saturated carbocycles. The number of aromatic nitrogens is 3. The molecule has 0 radical (unpaired) electrons. The fourth-order valence-electron chi connectivity index (χ4n) is 4.90. The molecule has 3 N–H and O–H groups in total. The van der Waals surface area contributed by atoms with Crippen LogP contribution in [0.2, 0.25) is 5.02 Å². The molecular weight excluding hydrogens is 525 g/mol. The third kappa shape index (κ3) is 7.53. The first-order valence-corrected chi connectivity index (χ1v) is 13.4. The van der Waals surface area contributed by atoms with E-state index < -0.39 is 11.9 Å². The molecule has 206 valence electrons. The lowest BCUT2D eigenvalue weighted by atomic mass is 9.96. The van der Waals surface area contributed by atoms with Crippen molar-refractivity contribution in [1.82, 2.24) is 30.5 Å². The third-order valence-corrected chi connectivity index (χ3v) is 7.13. The van der Waals surface area contributed by atoms with Crippen LogP contribution in [0, 0.1) is 11.7 Å². The monoisotopic (exact) mass is 555 g/mol. The molecule has 0 atom stereocenters. The summed E-state index contributed by atoms with van der Waals surface area (Å²) in [6, 6.07) is 8.11. The number of hydrogen-bond acceptors (Lipinski definition) is 8. The summed E-state index contributed by atoms with van der Waals surface area (Å²) in [6.07, 6.45) is 4.08. The number of nitrogens with zero attached hydrogens (tertiary/aromatic N) is 5. The summed E-state index contributed by atoms with van der Waals surface area (Å²) < 4.78 is 20.2. The number of piperazine rings is 1. The Bertz CT molecular complexity index is 1260. The zero-order valence-corrected chi connectivity index (χ0v) is 22.2. The first kappa shape index (κ1) is 27.0. The number of carbonyl (C=O) groups is 1. The van der Waals surface area contributed by atoms with E-state index in [4.69, 9.17) is 21.4 Å². The molecule has 2 aliphatic rings. The van der Waals surface area contributed by atoms with Crippen LogP contribution in [-0.2, 0) is 6.54 Å². The number of ether oxygens (including phenoxy) is 1. The lowest BCUT2D eigenvalue weighted by molar-refractivity contribution is 0.166. The second-order valence-corrected chi connectivity index (χ2v) is 10.3. The predicted molar refractivity (Wildman–Crippen MR) is 146 cm³/mol. The highest BCUT2D eigenvalue weighted by Crippen LogP contribution is 2.29. The average molecular weight is 556 g/mol. The molecule has 1 aromatic carbocycles. The quantitative estimate of drug-likeness (QED) is 0.379. The van der Waals surface area contributed by atoms with Crippen LogP contribution in [0.25, 0.3) is 11.3 Å². The Hall–Kier alpha value is -3.54. The maximum atomic E-state index is 14.2. The lowest BCUT2D eigenvalue weighted by Crippen LogP contribution is -2.44. The first-order valence-electron chi connectivity index (χ1n) is 13.0. The Kier molecular flexibility index (Phi) is 8.70. The van der Waals surface area contributed by atoms with Crippen molar-refractivity contribution in [3.63, 3.8) is 0 Å². The highest BCUT2D eigenvalue weighted by atomic mass is 35.5. The van der Waals surface area contributed by atoms with E-state index in [1.807, 2.05) is 12.1 Å². The van der Waals surface area contributed by atoms with Crippen molar-refractivity contribution in [2.75, 3.05) is 50.7 Å². The summed E-state index contributed by atoms with van der Waals surface area (Å²) in [6.45, 7) is 6.26. The van der Waals surface area contributed by atoms with E-state index in [9.17, 15) is 9.18 Å². The van der Waals surface area contributed by atoms with Crippen molar-refractivity contribution in [2.24, 2.45) is 5.92 Å². The zero-order chi connectivity index (χ0) is 27.2. The Balaban J connectivity index is 1.33. The van der Waals surface area contributed by atoms with Gasteiger partial charge in [0.05, 0.1) is 18.1 Å². The second kappa shape index (κ2) is 12.5. The highest BCUT2D eigenvalue weighted by Gasteiger charge is 2.21. The van der Waals surface area contributed by atoms with Gasteiger partial charge < -0.3 is 25.4 Å². The van der Waals surface area contributed by atoms with Gasteiger partial charge in [-0.3, -0.25) is 4.90 Å².